The van der Waals surface area contributed by atoms with Gasteiger partial charge in [0.15, 0.2) is 0 Å². The lowest BCUT2D eigenvalue weighted by Crippen LogP contribution is -2.52. The Morgan fingerprint density at radius 1 is 1.22 bits per heavy atom. The van der Waals surface area contributed by atoms with Crippen LogP contribution < -0.4 is 10.2 Å². The van der Waals surface area contributed by atoms with E-state index in [1.807, 2.05) is 6.92 Å². The van der Waals surface area contributed by atoms with E-state index in [0.717, 1.165) is 37.0 Å². The maximum absolute atomic E-state index is 15.1. The molecule has 0 spiro atoms. The quantitative estimate of drug-likeness (QED) is 0.559. The van der Waals surface area contributed by atoms with Crippen molar-refractivity contribution in [3.8, 4) is 0 Å². The van der Waals surface area contributed by atoms with Gasteiger partial charge in [-0.05, 0) is 58.7 Å². The molecular weight excluding hydrogens is 461 g/mol. The molecule has 1 unspecified atom stereocenters. The van der Waals surface area contributed by atoms with Crippen LogP contribution in [-0.4, -0.2) is 47.0 Å². The Morgan fingerprint density at radius 3 is 2.47 bits per heavy atom. The van der Waals surface area contributed by atoms with Gasteiger partial charge in [-0.2, -0.15) is 0 Å². The molecule has 1 atom stereocenters. The number of hydrogen-bond acceptors (Lipinski definition) is 4. The second-order valence-corrected chi connectivity index (χ2v) is 10.0. The number of ether oxygens (including phenoxy) is 1. The number of para-hydroxylation sites is 1. The number of benzene rings is 1. The van der Waals surface area contributed by atoms with Crippen LogP contribution in [0.5, 0.6) is 0 Å². The fourth-order valence-electron chi connectivity index (χ4n) is 4.81. The highest BCUT2D eigenvalue weighted by atomic mass is 19.1. The van der Waals surface area contributed by atoms with Gasteiger partial charge in [0.1, 0.15) is 24.0 Å². The van der Waals surface area contributed by atoms with Gasteiger partial charge in [0.2, 0.25) is 5.91 Å². The molecule has 1 heterocycles. The molecule has 3 rings (SSSR count). The average Bonchev–Trinajstić information content (AvgIpc) is 3.10. The largest absolute Gasteiger partial charge is 0.444 e. The van der Waals surface area contributed by atoms with Crippen LogP contribution in [0.2, 0.25) is 0 Å². The topological polar surface area (TPSA) is 79.0 Å². The van der Waals surface area contributed by atoms with Gasteiger partial charge >= 0.3 is 6.09 Å². The molecule has 194 valence electrons. The molecule has 1 N–H and O–H groups in total. The lowest BCUT2D eigenvalue weighted by molar-refractivity contribution is -0.132. The molecule has 1 aliphatic heterocycles. The zero-order valence-corrected chi connectivity index (χ0v) is 21.6. The van der Waals surface area contributed by atoms with E-state index in [0.29, 0.717) is 11.3 Å². The van der Waals surface area contributed by atoms with Crippen LogP contribution in [0.1, 0.15) is 59.8 Å². The van der Waals surface area contributed by atoms with Crippen LogP contribution in [-0.2, 0) is 14.3 Å². The van der Waals surface area contributed by atoms with Crippen molar-refractivity contribution in [2.45, 2.75) is 77.5 Å². The second kappa shape index (κ2) is 11.5. The molecule has 7 nitrogen and oxygen atoms in total. The summed E-state index contributed by atoms with van der Waals surface area (Å²) < 4.78 is 20.3. The molecule has 1 saturated carbocycles. The summed E-state index contributed by atoms with van der Waals surface area (Å²) in [6.07, 6.45) is 9.26. The Bertz CT molecular complexity index is 1070. The van der Waals surface area contributed by atoms with Crippen molar-refractivity contribution < 1.29 is 23.5 Å². The van der Waals surface area contributed by atoms with Gasteiger partial charge in [0.25, 0.3) is 5.91 Å². The van der Waals surface area contributed by atoms with Gasteiger partial charge in [-0.25, -0.2) is 9.18 Å². The minimum Gasteiger partial charge on any atom is -0.444 e. The van der Waals surface area contributed by atoms with Crippen LogP contribution in [0.25, 0.3) is 0 Å². The molecule has 1 aliphatic carbocycles. The van der Waals surface area contributed by atoms with E-state index < -0.39 is 36.0 Å². The third-order valence-electron chi connectivity index (χ3n) is 6.22. The molecule has 1 fully saturated rings. The Hall–Kier alpha value is -3.42. The van der Waals surface area contributed by atoms with Crippen molar-refractivity contribution >= 4 is 23.6 Å². The number of amides is 3. The SMILES string of the molecule is C=CC1=C(/C=C\C)C(N(C(=O)CNC(=O)OC(C)(C)C)c2ccccc2F)C(=O)N1C1CCCCC1. The van der Waals surface area contributed by atoms with Gasteiger partial charge in [0.05, 0.1) is 5.69 Å². The van der Waals surface area contributed by atoms with Gasteiger partial charge in [0, 0.05) is 17.3 Å². The fraction of sp³-hybridized carbons (Fsp3) is 0.464. The molecule has 1 aromatic carbocycles. The predicted octanol–water partition coefficient (Wildman–Crippen LogP) is 5.24. The van der Waals surface area contributed by atoms with E-state index in [1.54, 1.807) is 50.0 Å². The number of carbonyl (C=O) groups excluding carboxylic acids is 3. The highest BCUT2D eigenvalue weighted by Crippen LogP contribution is 2.38. The van der Waals surface area contributed by atoms with Gasteiger partial charge < -0.3 is 15.0 Å². The summed E-state index contributed by atoms with van der Waals surface area (Å²) in [6, 6.07) is 4.71. The minimum absolute atomic E-state index is 0.0121. The van der Waals surface area contributed by atoms with Crippen molar-refractivity contribution in [3.05, 3.63) is 66.2 Å². The number of hydrogen-bond donors (Lipinski definition) is 1. The molecule has 3 amide bonds. The van der Waals surface area contributed by atoms with E-state index in [1.165, 1.54) is 18.2 Å². The third-order valence-corrected chi connectivity index (χ3v) is 6.22. The first-order valence-electron chi connectivity index (χ1n) is 12.4. The van der Waals surface area contributed by atoms with Crippen LogP contribution in [0, 0.1) is 5.82 Å². The molecule has 0 aromatic heterocycles. The molecular formula is C28H36FN3O4. The summed E-state index contributed by atoms with van der Waals surface area (Å²) in [7, 11) is 0. The molecule has 36 heavy (non-hydrogen) atoms. The van der Waals surface area contributed by atoms with Crippen molar-refractivity contribution in [1.82, 2.24) is 10.2 Å². The smallest absolute Gasteiger partial charge is 0.408 e. The van der Waals surface area contributed by atoms with E-state index in [4.69, 9.17) is 4.74 Å². The van der Waals surface area contributed by atoms with Crippen molar-refractivity contribution in [2.24, 2.45) is 0 Å². The number of carbonyl (C=O) groups is 3. The first-order chi connectivity index (χ1) is 17.1. The fourth-order valence-corrected chi connectivity index (χ4v) is 4.81. The first kappa shape index (κ1) is 27.2. The number of allylic oxidation sites excluding steroid dienone is 2. The zero-order chi connectivity index (χ0) is 26.5. The highest BCUT2D eigenvalue weighted by Gasteiger charge is 2.46. The summed E-state index contributed by atoms with van der Waals surface area (Å²) in [5.74, 6) is -1.59. The van der Waals surface area contributed by atoms with Gasteiger partial charge in [-0.3, -0.25) is 14.5 Å². The summed E-state index contributed by atoms with van der Waals surface area (Å²) in [6.45, 7) is 10.4. The maximum atomic E-state index is 15.1. The molecule has 1 aromatic rings. The van der Waals surface area contributed by atoms with Crippen LogP contribution in [0.4, 0.5) is 14.9 Å². The standard InChI is InChI=1S/C28H36FN3O4/c1-6-13-20-22(7-2)31(19-14-9-8-10-15-19)26(34)25(20)32(23-17-12-11-16-21(23)29)24(33)18-30-27(35)36-28(3,4)5/h6-7,11-13,16-17,19,25H,2,8-10,14-15,18H2,1,3-5H3,(H,30,35)/b13-6-. The highest BCUT2D eigenvalue weighted by molar-refractivity contribution is 6.06. The number of alkyl carbamates (subject to hydrolysis) is 1. The summed E-state index contributed by atoms with van der Waals surface area (Å²) in [5, 5.41) is 2.44. The Balaban J connectivity index is 2.03. The predicted molar refractivity (Wildman–Crippen MR) is 138 cm³/mol. The van der Waals surface area contributed by atoms with Gasteiger partial charge in [-0.1, -0.05) is 50.1 Å². The Kier molecular flexibility index (Phi) is 8.71. The van der Waals surface area contributed by atoms with E-state index >= 15 is 4.39 Å². The molecule has 2 aliphatic rings. The average molecular weight is 498 g/mol. The number of halogens is 1. The molecule has 0 bridgehead atoms. The Labute approximate surface area is 212 Å². The number of rotatable bonds is 7. The second-order valence-electron chi connectivity index (χ2n) is 10.0. The summed E-state index contributed by atoms with van der Waals surface area (Å²) in [4.78, 5) is 42.7. The summed E-state index contributed by atoms with van der Waals surface area (Å²) in [5.41, 5.74) is 0.407. The van der Waals surface area contributed by atoms with E-state index in [-0.39, 0.29) is 17.6 Å². The molecule has 8 heteroatoms. The Morgan fingerprint density at radius 2 is 1.89 bits per heavy atom. The lowest BCUT2D eigenvalue weighted by atomic mass is 9.94. The summed E-state index contributed by atoms with van der Waals surface area (Å²) >= 11 is 0. The van der Waals surface area contributed by atoms with Crippen molar-refractivity contribution in [2.75, 3.05) is 11.4 Å². The lowest BCUT2D eigenvalue weighted by Gasteiger charge is -2.34. The van der Waals surface area contributed by atoms with Crippen LogP contribution >= 0.6 is 0 Å². The number of nitrogens with one attached hydrogen (secondary N) is 1. The van der Waals surface area contributed by atoms with Crippen molar-refractivity contribution in [3.63, 3.8) is 0 Å². The minimum atomic E-state index is -1.10. The first-order valence-corrected chi connectivity index (χ1v) is 12.4. The monoisotopic (exact) mass is 497 g/mol. The normalized spacial score (nSPS) is 19.1. The van der Waals surface area contributed by atoms with Crippen LogP contribution in [0.3, 0.4) is 0 Å². The van der Waals surface area contributed by atoms with E-state index in [2.05, 4.69) is 11.9 Å². The van der Waals surface area contributed by atoms with Crippen LogP contribution in [0.15, 0.2) is 60.3 Å². The number of anilines is 1. The van der Waals surface area contributed by atoms with E-state index in [9.17, 15) is 14.4 Å². The number of nitrogens with zero attached hydrogens (tertiary/aromatic N) is 2. The zero-order valence-electron chi connectivity index (χ0n) is 21.6. The maximum Gasteiger partial charge on any atom is 0.408 e. The van der Waals surface area contributed by atoms with Gasteiger partial charge in [-0.15, -0.1) is 0 Å². The third kappa shape index (κ3) is 6.04. The van der Waals surface area contributed by atoms with Crippen molar-refractivity contribution in [1.29, 1.82) is 0 Å². The molecule has 0 radical (unpaired) electrons. The molecule has 0 saturated heterocycles.